The van der Waals surface area contributed by atoms with Gasteiger partial charge in [0.2, 0.25) is 0 Å². The van der Waals surface area contributed by atoms with Crippen LogP contribution >= 0.6 is 11.6 Å². The van der Waals surface area contributed by atoms with Crippen LogP contribution in [0.1, 0.15) is 30.9 Å². The second kappa shape index (κ2) is 8.54. The van der Waals surface area contributed by atoms with Crippen LogP contribution < -0.4 is 0 Å². The Morgan fingerprint density at radius 1 is 1.29 bits per heavy atom. The smallest absolute Gasteiger partial charge is 0.0469 e. The number of benzene rings is 1. The average molecular weight is 255 g/mol. The first kappa shape index (κ1) is 14.5. The lowest BCUT2D eigenvalue weighted by Crippen LogP contribution is -2.10. The number of alkyl halides is 1. The number of rotatable bonds is 8. The second-order valence-corrected chi connectivity index (χ2v) is 4.92. The van der Waals surface area contributed by atoms with Crippen molar-refractivity contribution in [3.63, 3.8) is 0 Å². The lowest BCUT2D eigenvalue weighted by molar-refractivity contribution is 0.122. The van der Waals surface area contributed by atoms with E-state index >= 15 is 0 Å². The van der Waals surface area contributed by atoms with E-state index in [1.165, 1.54) is 11.1 Å². The molecular formula is C15H23ClO. The summed E-state index contributed by atoms with van der Waals surface area (Å²) < 4.78 is 5.52. The molecule has 0 radical (unpaired) electrons. The van der Waals surface area contributed by atoms with Crippen LogP contribution in [0.15, 0.2) is 24.3 Å². The lowest BCUT2D eigenvalue weighted by atomic mass is 9.97. The molecule has 2 heteroatoms. The van der Waals surface area contributed by atoms with Gasteiger partial charge in [-0.1, -0.05) is 36.8 Å². The summed E-state index contributed by atoms with van der Waals surface area (Å²) >= 11 is 6.01. The fourth-order valence-corrected chi connectivity index (χ4v) is 2.17. The van der Waals surface area contributed by atoms with Crippen molar-refractivity contribution >= 4 is 11.6 Å². The molecule has 0 bridgehead atoms. The molecule has 1 aromatic rings. The van der Waals surface area contributed by atoms with Crippen LogP contribution in [0.3, 0.4) is 0 Å². The third kappa shape index (κ3) is 6.09. The fraction of sp³-hybridized carbons (Fsp3) is 0.600. The first-order valence-electron chi connectivity index (χ1n) is 6.45. The van der Waals surface area contributed by atoms with Gasteiger partial charge < -0.3 is 4.74 Å². The van der Waals surface area contributed by atoms with Gasteiger partial charge in [-0.25, -0.2) is 0 Å². The van der Waals surface area contributed by atoms with Crippen molar-refractivity contribution in [3.05, 3.63) is 35.4 Å². The predicted molar refractivity (Wildman–Crippen MR) is 74.8 cm³/mol. The van der Waals surface area contributed by atoms with E-state index < -0.39 is 0 Å². The zero-order chi connectivity index (χ0) is 12.5. The van der Waals surface area contributed by atoms with E-state index in [1.807, 2.05) is 0 Å². The summed E-state index contributed by atoms with van der Waals surface area (Å²) in [5, 5.41) is 0. The monoisotopic (exact) mass is 254 g/mol. The third-order valence-corrected chi connectivity index (χ3v) is 3.28. The zero-order valence-corrected chi connectivity index (χ0v) is 11.7. The van der Waals surface area contributed by atoms with Crippen molar-refractivity contribution < 1.29 is 4.74 Å². The summed E-state index contributed by atoms with van der Waals surface area (Å²) in [4.78, 5) is 0. The van der Waals surface area contributed by atoms with Gasteiger partial charge in [0.1, 0.15) is 0 Å². The van der Waals surface area contributed by atoms with Gasteiger partial charge in [-0.2, -0.15) is 0 Å². The average Bonchev–Trinajstić information content (AvgIpc) is 2.33. The maximum atomic E-state index is 6.01. The largest absolute Gasteiger partial charge is 0.381 e. The van der Waals surface area contributed by atoms with Gasteiger partial charge in [-0.3, -0.25) is 0 Å². The highest BCUT2D eigenvalue weighted by molar-refractivity contribution is 6.18. The standard InChI is InChI=1S/C15H23ClO/c1-3-8-17-9-7-15(12-16)11-14-6-4-5-13(2)10-14/h4-6,10,15H,3,7-9,11-12H2,1-2H3. The van der Waals surface area contributed by atoms with Gasteiger partial charge in [-0.15, -0.1) is 11.6 Å². The molecule has 0 amide bonds. The molecule has 0 saturated carbocycles. The topological polar surface area (TPSA) is 9.23 Å². The van der Waals surface area contributed by atoms with Crippen molar-refractivity contribution in [2.75, 3.05) is 19.1 Å². The number of halogens is 1. The maximum Gasteiger partial charge on any atom is 0.0469 e. The van der Waals surface area contributed by atoms with Crippen LogP contribution in [-0.2, 0) is 11.2 Å². The molecule has 96 valence electrons. The molecule has 0 aliphatic carbocycles. The van der Waals surface area contributed by atoms with E-state index in [9.17, 15) is 0 Å². The van der Waals surface area contributed by atoms with Crippen molar-refractivity contribution in [1.29, 1.82) is 0 Å². The van der Waals surface area contributed by atoms with Gasteiger partial charge >= 0.3 is 0 Å². The minimum Gasteiger partial charge on any atom is -0.381 e. The highest BCUT2D eigenvalue weighted by Gasteiger charge is 2.08. The van der Waals surface area contributed by atoms with E-state index in [1.54, 1.807) is 0 Å². The molecule has 0 aliphatic heterocycles. The Labute approximate surface area is 110 Å². The summed E-state index contributed by atoms with van der Waals surface area (Å²) in [6.07, 6.45) is 3.20. The molecule has 0 heterocycles. The molecule has 0 aliphatic rings. The maximum absolute atomic E-state index is 6.01. The van der Waals surface area contributed by atoms with Gasteiger partial charge in [-0.05, 0) is 37.7 Å². The van der Waals surface area contributed by atoms with Crippen LogP contribution in [0.5, 0.6) is 0 Å². The van der Waals surface area contributed by atoms with E-state index in [0.717, 1.165) is 32.5 Å². The predicted octanol–water partition coefficient (Wildman–Crippen LogP) is 4.21. The molecular weight excluding hydrogens is 232 g/mol. The molecule has 0 aromatic heterocycles. The molecule has 1 aromatic carbocycles. The molecule has 1 rings (SSSR count). The fourth-order valence-electron chi connectivity index (χ4n) is 1.90. The van der Waals surface area contributed by atoms with Gasteiger partial charge in [0.05, 0.1) is 0 Å². The van der Waals surface area contributed by atoms with Crippen molar-refractivity contribution in [2.24, 2.45) is 5.92 Å². The van der Waals surface area contributed by atoms with E-state index in [4.69, 9.17) is 16.3 Å². The molecule has 17 heavy (non-hydrogen) atoms. The first-order chi connectivity index (χ1) is 8.26. The minimum absolute atomic E-state index is 0.523. The van der Waals surface area contributed by atoms with Crippen LogP contribution in [0.4, 0.5) is 0 Å². The zero-order valence-electron chi connectivity index (χ0n) is 10.9. The molecule has 0 fully saturated rings. The summed E-state index contributed by atoms with van der Waals surface area (Å²) in [5.41, 5.74) is 2.70. The molecule has 0 saturated heterocycles. The van der Waals surface area contributed by atoms with Gasteiger partial charge in [0.25, 0.3) is 0 Å². The Hall–Kier alpha value is -0.530. The molecule has 1 nitrogen and oxygen atoms in total. The summed E-state index contributed by atoms with van der Waals surface area (Å²) in [6, 6.07) is 8.67. The SMILES string of the molecule is CCCOCCC(CCl)Cc1cccc(C)c1. The van der Waals surface area contributed by atoms with Crippen molar-refractivity contribution in [1.82, 2.24) is 0 Å². The summed E-state index contributed by atoms with van der Waals surface area (Å²) in [5.74, 6) is 1.24. The lowest BCUT2D eigenvalue weighted by Gasteiger charge is -2.14. The molecule has 0 spiro atoms. The van der Waals surface area contributed by atoms with Gasteiger partial charge in [0, 0.05) is 19.1 Å². The van der Waals surface area contributed by atoms with Crippen LogP contribution in [0.2, 0.25) is 0 Å². The summed E-state index contributed by atoms with van der Waals surface area (Å²) in [6.45, 7) is 5.95. The Morgan fingerprint density at radius 2 is 2.12 bits per heavy atom. The number of hydrogen-bond acceptors (Lipinski definition) is 1. The Kier molecular flexibility index (Phi) is 7.30. The quantitative estimate of drug-likeness (QED) is 0.499. The highest BCUT2D eigenvalue weighted by Crippen LogP contribution is 2.15. The third-order valence-electron chi connectivity index (χ3n) is 2.84. The molecule has 0 N–H and O–H groups in total. The second-order valence-electron chi connectivity index (χ2n) is 4.61. The van der Waals surface area contributed by atoms with Gasteiger partial charge in [0.15, 0.2) is 0 Å². The van der Waals surface area contributed by atoms with Crippen molar-refractivity contribution in [3.8, 4) is 0 Å². The molecule has 1 unspecified atom stereocenters. The minimum atomic E-state index is 0.523. The van der Waals surface area contributed by atoms with Crippen LogP contribution in [-0.4, -0.2) is 19.1 Å². The number of aryl methyl sites for hydroxylation is 1. The number of hydrogen-bond donors (Lipinski definition) is 0. The van der Waals surface area contributed by atoms with Crippen LogP contribution in [0, 0.1) is 12.8 Å². The summed E-state index contributed by atoms with van der Waals surface area (Å²) in [7, 11) is 0. The van der Waals surface area contributed by atoms with Crippen LogP contribution in [0.25, 0.3) is 0 Å². The Bertz CT molecular complexity index is 312. The van der Waals surface area contributed by atoms with Crippen molar-refractivity contribution in [2.45, 2.75) is 33.1 Å². The Balaban J connectivity index is 2.35. The Morgan fingerprint density at radius 3 is 2.76 bits per heavy atom. The van der Waals surface area contributed by atoms with E-state index in [-0.39, 0.29) is 0 Å². The normalized spacial score (nSPS) is 12.6. The van der Waals surface area contributed by atoms with E-state index in [2.05, 4.69) is 38.1 Å². The highest BCUT2D eigenvalue weighted by atomic mass is 35.5. The van der Waals surface area contributed by atoms with E-state index in [0.29, 0.717) is 11.8 Å². The molecule has 1 atom stereocenters. The first-order valence-corrected chi connectivity index (χ1v) is 6.99. The number of ether oxygens (including phenoxy) is 1.